The second-order valence-electron chi connectivity index (χ2n) is 4.89. The molecule has 17 heavy (non-hydrogen) atoms. The summed E-state index contributed by atoms with van der Waals surface area (Å²) in [7, 11) is 0. The molecule has 0 unspecified atom stereocenters. The molecule has 0 aromatic heterocycles. The van der Waals surface area contributed by atoms with Gasteiger partial charge in [0.15, 0.2) is 0 Å². The van der Waals surface area contributed by atoms with Crippen molar-refractivity contribution in [2.75, 3.05) is 6.54 Å². The number of hydrogen-bond acceptors (Lipinski definition) is 4. The van der Waals surface area contributed by atoms with Crippen molar-refractivity contribution in [1.82, 2.24) is 5.32 Å². The minimum Gasteiger partial charge on any atom is -0.508 e. The lowest BCUT2D eigenvalue weighted by Gasteiger charge is -2.23. The van der Waals surface area contributed by atoms with E-state index in [4.69, 9.17) is 4.11 Å². The van der Waals surface area contributed by atoms with Crippen LogP contribution in [0.3, 0.4) is 0 Å². The molecule has 4 N–H and O–H groups in total. The van der Waals surface area contributed by atoms with E-state index in [1.165, 1.54) is 6.07 Å². The van der Waals surface area contributed by atoms with Crippen molar-refractivity contribution in [1.29, 1.82) is 0 Å². The molecular weight excluding hydrogens is 218 g/mol. The molecule has 0 aliphatic carbocycles. The lowest BCUT2D eigenvalue weighted by atomic mass is 10.0. The highest BCUT2D eigenvalue weighted by Crippen LogP contribution is 2.22. The zero-order chi connectivity index (χ0) is 15.8. The Kier molecular flexibility index (Phi) is 3.19. The Morgan fingerprint density at radius 3 is 2.65 bits per heavy atom. The van der Waals surface area contributed by atoms with E-state index in [0.717, 1.165) is 12.1 Å². The van der Waals surface area contributed by atoms with Gasteiger partial charge in [0.05, 0.1) is 16.8 Å². The Balaban J connectivity index is 3.07. The van der Waals surface area contributed by atoms with E-state index >= 15 is 0 Å². The molecule has 0 radical (unpaired) electrons. The van der Waals surface area contributed by atoms with Gasteiger partial charge in [0.2, 0.25) is 0 Å². The summed E-state index contributed by atoms with van der Waals surface area (Å²) in [6.45, 7) is 2.84. The molecule has 1 aromatic rings. The first kappa shape index (κ1) is 9.88. The maximum Gasteiger partial charge on any atom is 0.121 e. The second kappa shape index (κ2) is 5.49. The molecule has 96 valence electrons. The number of aromatic hydroxyl groups is 1. The minimum atomic E-state index is -2.74. The van der Waals surface area contributed by atoms with Gasteiger partial charge >= 0.3 is 0 Å². The largest absolute Gasteiger partial charge is 0.508 e. The molecule has 0 saturated carbocycles. The monoisotopic (exact) mass is 242 g/mol. The molecule has 4 nitrogen and oxygen atoms in total. The van der Waals surface area contributed by atoms with Crippen LogP contribution in [0.4, 0.5) is 0 Å². The fourth-order valence-electron chi connectivity index (χ4n) is 1.26. The summed E-state index contributed by atoms with van der Waals surface area (Å²) in [5.74, 6) is -0.430. The third-order valence-electron chi connectivity index (χ3n) is 2.24. The van der Waals surface area contributed by atoms with Gasteiger partial charge in [0.1, 0.15) is 5.75 Å². The van der Waals surface area contributed by atoms with Crippen molar-refractivity contribution < 1.29 is 19.4 Å². The highest BCUT2D eigenvalue weighted by Gasteiger charge is 2.14. The molecule has 0 heterocycles. The van der Waals surface area contributed by atoms with Crippen molar-refractivity contribution in [2.45, 2.75) is 38.9 Å². The number of hydrogen-bond donors (Lipinski definition) is 4. The predicted octanol–water partition coefficient (Wildman–Crippen LogP) is 1.31. The first-order valence-electron chi connectivity index (χ1n) is 6.87. The summed E-state index contributed by atoms with van der Waals surface area (Å²) >= 11 is 0. The summed E-state index contributed by atoms with van der Waals surface area (Å²) in [4.78, 5) is 0. The molecule has 0 saturated heterocycles. The normalized spacial score (nSPS) is 19.0. The average molecular weight is 242 g/mol. The molecule has 4 heteroatoms. The summed E-state index contributed by atoms with van der Waals surface area (Å²) in [6, 6.07) is 3.56. The van der Waals surface area contributed by atoms with Gasteiger partial charge in [-0.15, -0.1) is 0 Å². The Hall–Kier alpha value is -1.10. The van der Waals surface area contributed by atoms with Crippen molar-refractivity contribution in [3.8, 4) is 5.75 Å². The zero-order valence-corrected chi connectivity index (χ0v) is 10.3. The summed E-state index contributed by atoms with van der Waals surface area (Å²) in [6.07, 6.45) is -2.00. The van der Waals surface area contributed by atoms with Crippen LogP contribution in [0.25, 0.3) is 0 Å². The van der Waals surface area contributed by atoms with Gasteiger partial charge in [-0.05, 0) is 38.5 Å². The van der Waals surface area contributed by atoms with E-state index in [1.807, 2.05) is 20.8 Å². The molecule has 0 fully saturated rings. The second-order valence-corrected chi connectivity index (χ2v) is 4.89. The van der Waals surface area contributed by atoms with Crippen LogP contribution in [0.2, 0.25) is 0 Å². The zero-order valence-electron chi connectivity index (χ0n) is 13.3. The van der Waals surface area contributed by atoms with Crippen molar-refractivity contribution in [2.24, 2.45) is 0 Å². The summed E-state index contributed by atoms with van der Waals surface area (Å²) in [5.41, 5.74) is -0.586. The topological polar surface area (TPSA) is 72.7 Å². The van der Waals surface area contributed by atoms with Gasteiger partial charge in [-0.3, -0.25) is 0 Å². The van der Waals surface area contributed by atoms with E-state index in [0.29, 0.717) is 0 Å². The van der Waals surface area contributed by atoms with Gasteiger partial charge in [0.25, 0.3) is 0 Å². The number of phenols is 1. The van der Waals surface area contributed by atoms with E-state index < -0.39 is 18.4 Å². The number of rotatable bonds is 4. The van der Waals surface area contributed by atoms with Gasteiger partial charge in [-0.1, -0.05) is 6.07 Å². The molecule has 1 rings (SSSR count). The quantitative estimate of drug-likeness (QED) is 0.642. The molecular formula is C13H21NO3. The van der Waals surface area contributed by atoms with Crippen LogP contribution in [0.1, 0.15) is 42.1 Å². The molecule has 0 aliphatic rings. The van der Waals surface area contributed by atoms with Crippen LogP contribution in [-0.2, 0) is 6.56 Å². The van der Waals surface area contributed by atoms with Gasteiger partial charge in [-0.25, -0.2) is 0 Å². The molecule has 1 atom stereocenters. The Morgan fingerprint density at radius 2 is 2.12 bits per heavy atom. The van der Waals surface area contributed by atoms with Crippen LogP contribution in [0.5, 0.6) is 5.75 Å². The SMILES string of the molecule is [2H]C([2H])(O)c1cc([C@@]([2H])(O)CNC(C)(C)C)ccc1O. The molecule has 0 bridgehead atoms. The highest BCUT2D eigenvalue weighted by molar-refractivity contribution is 5.36. The molecule has 0 spiro atoms. The van der Waals surface area contributed by atoms with Gasteiger partial charge in [0, 0.05) is 17.6 Å². The first-order valence-corrected chi connectivity index (χ1v) is 5.37. The van der Waals surface area contributed by atoms with Crippen molar-refractivity contribution >= 4 is 0 Å². The molecule has 0 aliphatic heterocycles. The Bertz CT molecular complexity index is 479. The maximum atomic E-state index is 10.1. The van der Waals surface area contributed by atoms with Crippen LogP contribution in [-0.4, -0.2) is 27.4 Å². The lowest BCUT2D eigenvalue weighted by Crippen LogP contribution is -2.38. The van der Waals surface area contributed by atoms with Crippen LogP contribution in [0, 0.1) is 0 Å². The van der Waals surface area contributed by atoms with E-state index in [2.05, 4.69) is 5.32 Å². The standard InChI is InChI=1S/C13H21NO3/c1-13(2,3)14-7-12(17)9-4-5-11(16)10(6-9)8-15/h4-6,12,14-17H,7-8H2,1-3H3/t12-/m0/s1/i8D2,12D. The smallest absolute Gasteiger partial charge is 0.121 e. The lowest BCUT2D eigenvalue weighted by molar-refractivity contribution is 0.163. The average Bonchev–Trinajstić information content (AvgIpc) is 2.24. The van der Waals surface area contributed by atoms with Crippen molar-refractivity contribution in [3.05, 3.63) is 29.3 Å². The summed E-state index contributed by atoms with van der Waals surface area (Å²) < 4.78 is 22.4. The summed E-state index contributed by atoms with van der Waals surface area (Å²) in [5, 5.41) is 32.0. The Labute approximate surface area is 106 Å². The van der Waals surface area contributed by atoms with Crippen molar-refractivity contribution in [3.63, 3.8) is 0 Å². The van der Waals surface area contributed by atoms with Gasteiger partial charge < -0.3 is 20.6 Å². The van der Waals surface area contributed by atoms with Crippen LogP contribution in [0.15, 0.2) is 18.2 Å². The number of aliphatic hydroxyl groups is 2. The fourth-order valence-corrected chi connectivity index (χ4v) is 1.26. The molecule has 1 aromatic carbocycles. The van der Waals surface area contributed by atoms with E-state index in [1.54, 1.807) is 0 Å². The third-order valence-corrected chi connectivity index (χ3v) is 2.24. The van der Waals surface area contributed by atoms with Gasteiger partial charge in [-0.2, -0.15) is 0 Å². The molecule has 0 amide bonds. The third kappa shape index (κ3) is 4.34. The van der Waals surface area contributed by atoms with E-state index in [9.17, 15) is 15.3 Å². The number of β-amino-alcohol motifs (C(OH)–C–C–N with tert-alkyl or cyclic N) is 1. The van der Waals surface area contributed by atoms with Crippen LogP contribution < -0.4 is 5.32 Å². The minimum absolute atomic E-state index is 0.0743. The number of benzene rings is 1. The van der Waals surface area contributed by atoms with Crippen LogP contribution >= 0.6 is 0 Å². The van der Waals surface area contributed by atoms with E-state index in [-0.39, 0.29) is 23.2 Å². The number of nitrogens with one attached hydrogen (secondary N) is 1. The highest BCUT2D eigenvalue weighted by atomic mass is 16.3. The maximum absolute atomic E-state index is 10.1. The fraction of sp³-hybridized carbons (Fsp3) is 0.538. The predicted molar refractivity (Wildman–Crippen MR) is 66.7 cm³/mol. The Morgan fingerprint density at radius 1 is 1.47 bits per heavy atom. The first-order chi connectivity index (χ1) is 8.83.